The largest absolute Gasteiger partial charge is 0.396 e. The normalized spacial score (nSPS) is 12.8. The summed E-state index contributed by atoms with van der Waals surface area (Å²) in [5.74, 6) is -0.225. The van der Waals surface area contributed by atoms with Crippen LogP contribution in [0.25, 0.3) is 0 Å². The van der Waals surface area contributed by atoms with Crippen molar-refractivity contribution in [1.82, 2.24) is 0 Å². The Morgan fingerprint density at radius 2 is 2.20 bits per heavy atom. The van der Waals surface area contributed by atoms with Crippen molar-refractivity contribution in [3.8, 4) is 0 Å². The minimum absolute atomic E-state index is 0.0970. The summed E-state index contributed by atoms with van der Waals surface area (Å²) in [5, 5.41) is 9.28. The molecule has 1 rings (SSSR count). The van der Waals surface area contributed by atoms with Crippen LogP contribution in [0.5, 0.6) is 0 Å². The second-order valence-corrected chi connectivity index (χ2v) is 4.16. The number of aliphatic hydroxyl groups is 1. The summed E-state index contributed by atoms with van der Waals surface area (Å²) in [7, 11) is 0. The smallest absolute Gasteiger partial charge is 0.144 e. The quantitative estimate of drug-likeness (QED) is 0.822. The Bertz CT molecular complexity index is 314. The number of benzene rings is 1. The molecular formula is C12H16ClFO. The number of hydrogen-bond donors (Lipinski definition) is 1. The maximum Gasteiger partial charge on any atom is 0.144 e. The molecule has 1 atom stereocenters. The Hall–Kier alpha value is -0.600. The lowest BCUT2D eigenvalue weighted by Crippen LogP contribution is -2.10. The molecule has 15 heavy (non-hydrogen) atoms. The Morgan fingerprint density at radius 1 is 1.47 bits per heavy atom. The zero-order chi connectivity index (χ0) is 11.3. The third kappa shape index (κ3) is 3.47. The molecule has 0 aliphatic rings. The van der Waals surface area contributed by atoms with Crippen LogP contribution in [0.15, 0.2) is 18.2 Å². The van der Waals surface area contributed by atoms with Crippen molar-refractivity contribution in [2.24, 2.45) is 5.92 Å². The van der Waals surface area contributed by atoms with E-state index in [9.17, 15) is 4.39 Å². The summed E-state index contributed by atoms with van der Waals surface area (Å²) in [6.45, 7) is 2.15. The Kier molecular flexibility index (Phi) is 5.06. The van der Waals surface area contributed by atoms with Crippen LogP contribution in [0.1, 0.15) is 25.3 Å². The highest BCUT2D eigenvalue weighted by atomic mass is 35.5. The molecule has 0 bridgehead atoms. The van der Waals surface area contributed by atoms with Gasteiger partial charge < -0.3 is 5.11 Å². The van der Waals surface area contributed by atoms with E-state index in [0.717, 1.165) is 12.8 Å². The zero-order valence-electron chi connectivity index (χ0n) is 8.84. The van der Waals surface area contributed by atoms with E-state index in [1.165, 1.54) is 6.07 Å². The number of rotatable bonds is 5. The van der Waals surface area contributed by atoms with Crippen LogP contribution < -0.4 is 0 Å². The molecule has 0 aliphatic heterocycles. The van der Waals surface area contributed by atoms with Crippen LogP contribution in [0.4, 0.5) is 4.39 Å². The van der Waals surface area contributed by atoms with Crippen molar-refractivity contribution in [1.29, 1.82) is 0 Å². The topological polar surface area (TPSA) is 20.2 Å². The van der Waals surface area contributed by atoms with Gasteiger partial charge in [-0.2, -0.15) is 0 Å². The lowest BCUT2D eigenvalue weighted by molar-refractivity contribution is 0.216. The summed E-state index contributed by atoms with van der Waals surface area (Å²) in [6.07, 6.45) is 2.45. The molecule has 1 N–H and O–H groups in total. The molecule has 1 aromatic rings. The van der Waals surface area contributed by atoms with Gasteiger partial charge in [0, 0.05) is 6.61 Å². The van der Waals surface area contributed by atoms with Crippen molar-refractivity contribution < 1.29 is 9.50 Å². The summed E-state index contributed by atoms with van der Waals surface area (Å²) < 4.78 is 13.5. The summed E-state index contributed by atoms with van der Waals surface area (Å²) in [6, 6.07) is 4.99. The lowest BCUT2D eigenvalue weighted by Gasteiger charge is -2.13. The zero-order valence-corrected chi connectivity index (χ0v) is 9.60. The summed E-state index contributed by atoms with van der Waals surface area (Å²) >= 11 is 5.68. The van der Waals surface area contributed by atoms with Crippen molar-refractivity contribution in [3.63, 3.8) is 0 Å². The first-order chi connectivity index (χ1) is 7.19. The van der Waals surface area contributed by atoms with Crippen molar-refractivity contribution in [2.45, 2.75) is 26.2 Å². The lowest BCUT2D eigenvalue weighted by atomic mass is 9.95. The molecular weight excluding hydrogens is 215 g/mol. The van der Waals surface area contributed by atoms with Crippen LogP contribution in [0, 0.1) is 11.7 Å². The van der Waals surface area contributed by atoms with E-state index in [-0.39, 0.29) is 23.4 Å². The third-order valence-electron chi connectivity index (χ3n) is 2.50. The monoisotopic (exact) mass is 230 g/mol. The fourth-order valence-electron chi connectivity index (χ4n) is 1.68. The molecule has 0 aromatic heterocycles. The van der Waals surface area contributed by atoms with Gasteiger partial charge in [-0.3, -0.25) is 0 Å². The van der Waals surface area contributed by atoms with Crippen LogP contribution in [-0.4, -0.2) is 11.7 Å². The molecule has 0 aliphatic carbocycles. The molecule has 0 saturated carbocycles. The van der Waals surface area contributed by atoms with E-state index in [1.807, 2.05) is 0 Å². The average Bonchev–Trinajstić information content (AvgIpc) is 2.24. The van der Waals surface area contributed by atoms with Crippen LogP contribution in [0.3, 0.4) is 0 Å². The van der Waals surface area contributed by atoms with Gasteiger partial charge in [0.05, 0.1) is 5.02 Å². The fraction of sp³-hybridized carbons (Fsp3) is 0.500. The number of halogens is 2. The number of aliphatic hydroxyl groups excluding tert-OH is 1. The molecule has 0 amide bonds. The number of hydrogen-bond acceptors (Lipinski definition) is 1. The fourth-order valence-corrected chi connectivity index (χ4v) is 1.88. The highest BCUT2D eigenvalue weighted by Gasteiger charge is 2.12. The molecule has 0 radical (unpaired) electrons. The minimum Gasteiger partial charge on any atom is -0.396 e. The van der Waals surface area contributed by atoms with Gasteiger partial charge in [-0.15, -0.1) is 0 Å². The van der Waals surface area contributed by atoms with Crippen molar-refractivity contribution in [2.75, 3.05) is 6.61 Å². The van der Waals surface area contributed by atoms with Gasteiger partial charge in [0.1, 0.15) is 5.82 Å². The van der Waals surface area contributed by atoms with Gasteiger partial charge in [0.25, 0.3) is 0 Å². The highest BCUT2D eigenvalue weighted by molar-refractivity contribution is 6.30. The Morgan fingerprint density at radius 3 is 2.80 bits per heavy atom. The van der Waals surface area contributed by atoms with E-state index in [2.05, 4.69) is 6.92 Å². The maximum absolute atomic E-state index is 13.5. The second kappa shape index (κ2) is 6.09. The van der Waals surface area contributed by atoms with Gasteiger partial charge in [0.15, 0.2) is 0 Å². The molecule has 1 aromatic carbocycles. The first-order valence-electron chi connectivity index (χ1n) is 5.22. The molecule has 0 saturated heterocycles. The van der Waals surface area contributed by atoms with Gasteiger partial charge >= 0.3 is 0 Å². The van der Waals surface area contributed by atoms with Gasteiger partial charge in [-0.25, -0.2) is 4.39 Å². The Labute approximate surface area is 94.9 Å². The van der Waals surface area contributed by atoms with E-state index in [0.29, 0.717) is 12.0 Å². The molecule has 3 heteroatoms. The van der Waals surface area contributed by atoms with E-state index >= 15 is 0 Å². The second-order valence-electron chi connectivity index (χ2n) is 3.75. The van der Waals surface area contributed by atoms with Gasteiger partial charge in [-0.1, -0.05) is 37.1 Å². The van der Waals surface area contributed by atoms with E-state index in [4.69, 9.17) is 16.7 Å². The minimum atomic E-state index is -0.353. The van der Waals surface area contributed by atoms with Crippen LogP contribution in [0.2, 0.25) is 5.02 Å². The Balaban J connectivity index is 2.74. The third-order valence-corrected chi connectivity index (χ3v) is 2.79. The van der Waals surface area contributed by atoms with Crippen molar-refractivity contribution >= 4 is 11.6 Å². The van der Waals surface area contributed by atoms with Gasteiger partial charge in [0.2, 0.25) is 0 Å². The van der Waals surface area contributed by atoms with E-state index < -0.39 is 0 Å². The highest BCUT2D eigenvalue weighted by Crippen LogP contribution is 2.21. The molecule has 0 spiro atoms. The average molecular weight is 231 g/mol. The maximum atomic E-state index is 13.5. The SMILES string of the molecule is CCCC(CO)Cc1cccc(Cl)c1F. The molecule has 1 unspecified atom stereocenters. The predicted octanol–water partition coefficient (Wildman–Crippen LogP) is 3.43. The standard InChI is InChI=1S/C12H16ClFO/c1-2-4-9(8-15)7-10-5-3-6-11(13)12(10)14/h3,5-6,9,15H,2,4,7-8H2,1H3. The van der Waals surface area contributed by atoms with Gasteiger partial charge in [-0.05, 0) is 30.4 Å². The van der Waals surface area contributed by atoms with E-state index in [1.54, 1.807) is 12.1 Å². The summed E-state index contributed by atoms with van der Waals surface area (Å²) in [5.41, 5.74) is 0.593. The summed E-state index contributed by atoms with van der Waals surface area (Å²) in [4.78, 5) is 0. The molecule has 84 valence electrons. The molecule has 0 heterocycles. The van der Waals surface area contributed by atoms with Crippen LogP contribution >= 0.6 is 11.6 Å². The van der Waals surface area contributed by atoms with Crippen molar-refractivity contribution in [3.05, 3.63) is 34.6 Å². The predicted molar refractivity (Wildman–Crippen MR) is 60.6 cm³/mol. The first-order valence-corrected chi connectivity index (χ1v) is 5.60. The first kappa shape index (κ1) is 12.5. The molecule has 1 nitrogen and oxygen atoms in total. The van der Waals surface area contributed by atoms with Crippen LogP contribution in [-0.2, 0) is 6.42 Å². The molecule has 0 fully saturated rings.